The molecule has 8 heteroatoms. The molecular weight excluding hydrogens is 358 g/mol. The number of hydrogen-bond donors (Lipinski definition) is 1. The molecule has 2 aromatic rings. The van der Waals surface area contributed by atoms with Crippen LogP contribution in [0.3, 0.4) is 0 Å². The maximum Gasteiger partial charge on any atom is 0.387 e. The van der Waals surface area contributed by atoms with Crippen LogP contribution >= 0.6 is 0 Å². The molecule has 2 atom stereocenters. The molecule has 1 fully saturated rings. The molecule has 1 aliphatic heterocycles. The number of benzene rings is 2. The summed E-state index contributed by atoms with van der Waals surface area (Å²) < 4.78 is 28.6. The van der Waals surface area contributed by atoms with E-state index >= 15 is 0 Å². The fraction of sp³-hybridized carbons (Fsp3) is 0.263. The van der Waals surface area contributed by atoms with Gasteiger partial charge in [0, 0.05) is 5.69 Å². The second kappa shape index (κ2) is 7.71. The first-order chi connectivity index (χ1) is 12.9. The minimum Gasteiger partial charge on any atom is -0.435 e. The first-order valence-electron chi connectivity index (χ1n) is 8.31. The van der Waals surface area contributed by atoms with Crippen LogP contribution in [-0.4, -0.2) is 41.1 Å². The molecule has 2 unspecified atom stereocenters. The van der Waals surface area contributed by atoms with Gasteiger partial charge in [0.2, 0.25) is 0 Å². The van der Waals surface area contributed by atoms with Crippen molar-refractivity contribution < 1.29 is 28.2 Å². The topological polar surface area (TPSA) is 70.1 Å². The van der Waals surface area contributed by atoms with Gasteiger partial charge in [-0.15, -0.1) is 0 Å². The first kappa shape index (κ1) is 18.8. The lowest BCUT2D eigenvalue weighted by Gasteiger charge is -2.20. The summed E-state index contributed by atoms with van der Waals surface area (Å²) in [4.78, 5) is 27.5. The Hall–Kier alpha value is -3.00. The lowest BCUT2D eigenvalue weighted by molar-refractivity contribution is -0.127. The number of para-hydroxylation sites is 1. The summed E-state index contributed by atoms with van der Waals surface area (Å²) in [6.45, 7) is -1.55. The largest absolute Gasteiger partial charge is 0.435 e. The highest BCUT2D eigenvalue weighted by Gasteiger charge is 2.43. The third kappa shape index (κ3) is 3.90. The Labute approximate surface area is 154 Å². The van der Waals surface area contributed by atoms with Crippen molar-refractivity contribution in [3.8, 4) is 5.75 Å². The number of rotatable bonds is 6. The zero-order chi connectivity index (χ0) is 19.6. The van der Waals surface area contributed by atoms with Gasteiger partial charge in [0.25, 0.3) is 5.91 Å². The summed E-state index contributed by atoms with van der Waals surface area (Å²) in [7, 11) is 0. The van der Waals surface area contributed by atoms with Gasteiger partial charge in [0.15, 0.2) is 0 Å². The van der Waals surface area contributed by atoms with Crippen molar-refractivity contribution in [2.45, 2.75) is 25.7 Å². The molecule has 0 radical (unpaired) electrons. The molecule has 142 valence electrons. The summed E-state index contributed by atoms with van der Waals surface area (Å²) in [6, 6.07) is 13.0. The lowest BCUT2D eigenvalue weighted by Crippen LogP contribution is -2.36. The average molecular weight is 376 g/mol. The van der Waals surface area contributed by atoms with Gasteiger partial charge in [0.05, 0.1) is 12.6 Å². The van der Waals surface area contributed by atoms with Crippen molar-refractivity contribution in [1.29, 1.82) is 0 Å². The normalized spacial score (nSPS) is 18.3. The Morgan fingerprint density at radius 3 is 2.30 bits per heavy atom. The van der Waals surface area contributed by atoms with E-state index in [0.717, 1.165) is 4.90 Å². The van der Waals surface area contributed by atoms with E-state index in [1.54, 1.807) is 37.3 Å². The van der Waals surface area contributed by atoms with E-state index in [2.05, 4.69) is 4.74 Å². The van der Waals surface area contributed by atoms with E-state index in [0.29, 0.717) is 11.3 Å². The molecule has 3 rings (SSSR count). The number of hydrogen-bond acceptors (Lipinski definition) is 4. The van der Waals surface area contributed by atoms with Crippen LogP contribution in [0.1, 0.15) is 18.6 Å². The van der Waals surface area contributed by atoms with Crippen molar-refractivity contribution in [3.63, 3.8) is 0 Å². The number of β-amino-alcohol motifs (C(OH)–C–C–N with tert-alkyl or cyclic N) is 1. The molecule has 0 aliphatic carbocycles. The number of imide groups is 1. The molecular formula is C19H18F2N2O4. The van der Waals surface area contributed by atoms with E-state index in [1.807, 2.05) is 0 Å². The minimum atomic E-state index is -2.94. The van der Waals surface area contributed by atoms with E-state index < -0.39 is 30.7 Å². The summed E-state index contributed by atoms with van der Waals surface area (Å²) in [5.74, 6) is -0.460. The molecule has 1 heterocycles. The maximum atomic E-state index is 12.7. The molecule has 2 aromatic carbocycles. The van der Waals surface area contributed by atoms with Gasteiger partial charge in [-0.05, 0) is 36.8 Å². The third-order valence-electron chi connectivity index (χ3n) is 4.33. The predicted molar refractivity (Wildman–Crippen MR) is 93.5 cm³/mol. The second-order valence-corrected chi connectivity index (χ2v) is 6.08. The highest BCUT2D eigenvalue weighted by atomic mass is 19.3. The predicted octanol–water partition coefficient (Wildman–Crippen LogP) is 3.18. The molecule has 0 aromatic heterocycles. The minimum absolute atomic E-state index is 0.0434. The quantitative estimate of drug-likeness (QED) is 0.786. The number of nitrogens with zero attached hydrogens (tertiary/aromatic N) is 2. The fourth-order valence-electron chi connectivity index (χ4n) is 2.97. The zero-order valence-electron chi connectivity index (χ0n) is 14.5. The second-order valence-electron chi connectivity index (χ2n) is 6.08. The molecule has 1 aliphatic rings. The highest BCUT2D eigenvalue weighted by Crippen LogP contribution is 2.28. The van der Waals surface area contributed by atoms with Gasteiger partial charge in [-0.1, -0.05) is 30.3 Å². The zero-order valence-corrected chi connectivity index (χ0v) is 14.5. The standard InChI is InChI=1S/C19H18F2N2O4/c1-12-17(25)22(19(26)23(12)14-5-3-2-4-6-14)11-16(24)13-7-9-15(10-8-13)27-18(20)21/h2-10,12,16,18,24H,11H2,1H3. The Morgan fingerprint density at radius 2 is 1.70 bits per heavy atom. The van der Waals surface area contributed by atoms with Crippen LogP contribution in [0.5, 0.6) is 5.75 Å². The third-order valence-corrected chi connectivity index (χ3v) is 4.33. The van der Waals surface area contributed by atoms with Crippen LogP contribution < -0.4 is 9.64 Å². The van der Waals surface area contributed by atoms with E-state index in [-0.39, 0.29) is 12.3 Å². The number of halogens is 2. The van der Waals surface area contributed by atoms with E-state index in [1.165, 1.54) is 29.2 Å². The molecule has 3 amide bonds. The van der Waals surface area contributed by atoms with Crippen LogP contribution in [0.25, 0.3) is 0 Å². The van der Waals surface area contributed by atoms with Crippen molar-refractivity contribution >= 4 is 17.6 Å². The number of carbonyl (C=O) groups excluding carboxylic acids is 2. The Kier molecular flexibility index (Phi) is 5.36. The molecule has 27 heavy (non-hydrogen) atoms. The van der Waals surface area contributed by atoms with Crippen LogP contribution in [0.15, 0.2) is 54.6 Å². The van der Waals surface area contributed by atoms with Gasteiger partial charge in [-0.25, -0.2) is 4.79 Å². The number of amides is 3. The summed E-state index contributed by atoms with van der Waals surface area (Å²) >= 11 is 0. The molecule has 1 saturated heterocycles. The molecule has 6 nitrogen and oxygen atoms in total. The fourth-order valence-corrected chi connectivity index (χ4v) is 2.97. The Balaban J connectivity index is 1.73. The number of anilines is 1. The van der Waals surface area contributed by atoms with Crippen molar-refractivity contribution in [2.75, 3.05) is 11.4 Å². The van der Waals surface area contributed by atoms with Crippen molar-refractivity contribution in [3.05, 3.63) is 60.2 Å². The highest BCUT2D eigenvalue weighted by molar-refractivity contribution is 6.14. The number of ether oxygens (including phenoxy) is 1. The van der Waals surface area contributed by atoms with Gasteiger partial charge in [-0.2, -0.15) is 8.78 Å². The molecule has 0 saturated carbocycles. The smallest absolute Gasteiger partial charge is 0.387 e. The SMILES string of the molecule is CC1C(=O)N(CC(O)c2ccc(OC(F)F)cc2)C(=O)N1c1ccccc1. The summed E-state index contributed by atoms with van der Waals surface area (Å²) in [5.41, 5.74) is 0.969. The average Bonchev–Trinajstić information content (AvgIpc) is 2.86. The van der Waals surface area contributed by atoms with E-state index in [9.17, 15) is 23.5 Å². The number of alkyl halides is 2. The number of aliphatic hydroxyl groups is 1. The molecule has 0 spiro atoms. The Morgan fingerprint density at radius 1 is 1.07 bits per heavy atom. The Bertz CT molecular complexity index is 814. The van der Waals surface area contributed by atoms with Crippen LogP contribution in [0, 0.1) is 0 Å². The van der Waals surface area contributed by atoms with Gasteiger partial charge in [-0.3, -0.25) is 14.6 Å². The van der Waals surface area contributed by atoms with Crippen LogP contribution in [0.2, 0.25) is 0 Å². The van der Waals surface area contributed by atoms with Crippen molar-refractivity contribution in [1.82, 2.24) is 4.90 Å². The summed E-state index contributed by atoms with van der Waals surface area (Å²) in [6.07, 6.45) is -1.15. The molecule has 1 N–H and O–H groups in total. The monoisotopic (exact) mass is 376 g/mol. The van der Waals surface area contributed by atoms with Crippen LogP contribution in [0.4, 0.5) is 19.3 Å². The lowest BCUT2D eigenvalue weighted by atomic mass is 10.1. The van der Waals surface area contributed by atoms with Crippen molar-refractivity contribution in [2.24, 2.45) is 0 Å². The van der Waals surface area contributed by atoms with Gasteiger partial charge < -0.3 is 9.84 Å². The maximum absolute atomic E-state index is 12.7. The van der Waals surface area contributed by atoms with E-state index in [4.69, 9.17) is 0 Å². The number of aliphatic hydroxyl groups excluding tert-OH is 1. The van der Waals surface area contributed by atoms with Crippen LogP contribution in [-0.2, 0) is 4.79 Å². The first-order valence-corrected chi connectivity index (χ1v) is 8.31. The number of carbonyl (C=O) groups is 2. The molecule has 0 bridgehead atoms. The summed E-state index contributed by atoms with van der Waals surface area (Å²) in [5, 5.41) is 10.4. The van der Waals surface area contributed by atoms with Gasteiger partial charge >= 0.3 is 12.6 Å². The number of urea groups is 1. The van der Waals surface area contributed by atoms with Gasteiger partial charge in [0.1, 0.15) is 11.8 Å².